The van der Waals surface area contributed by atoms with Crippen LogP contribution in [0.1, 0.15) is 37.4 Å². The fraction of sp³-hybridized carbons (Fsp3) is 0.222. The smallest absolute Gasteiger partial charge is 0.395 e. The van der Waals surface area contributed by atoms with Crippen LogP contribution in [0.3, 0.4) is 0 Å². The summed E-state index contributed by atoms with van der Waals surface area (Å²) in [6.07, 6.45) is -3.63. The van der Waals surface area contributed by atoms with Gasteiger partial charge in [-0.3, -0.25) is 14.5 Å². The molecule has 212 valence electrons. The minimum absolute atomic E-state index is 0.0293. The van der Waals surface area contributed by atoms with Crippen molar-refractivity contribution in [3.8, 4) is 0 Å². The molecule has 0 saturated heterocycles. The second kappa shape index (κ2) is 14.2. The van der Waals surface area contributed by atoms with E-state index in [4.69, 9.17) is 23.2 Å². The molecular formula is C27H25Cl2F3N4O4. The molecule has 0 bridgehead atoms. The van der Waals surface area contributed by atoms with Crippen molar-refractivity contribution in [2.45, 2.75) is 12.7 Å². The van der Waals surface area contributed by atoms with Gasteiger partial charge in [-0.05, 0) is 53.6 Å². The van der Waals surface area contributed by atoms with Crippen LogP contribution < -0.4 is 10.7 Å². The molecular weight excluding hydrogens is 572 g/mol. The van der Waals surface area contributed by atoms with Crippen LogP contribution >= 0.6 is 23.2 Å². The van der Waals surface area contributed by atoms with Crippen LogP contribution in [0.25, 0.3) is 0 Å². The van der Waals surface area contributed by atoms with Crippen LogP contribution in [0.4, 0.5) is 18.9 Å². The Morgan fingerprint density at radius 1 is 0.950 bits per heavy atom. The second-order valence-corrected chi connectivity index (χ2v) is 9.35. The molecule has 40 heavy (non-hydrogen) atoms. The Morgan fingerprint density at radius 3 is 2.35 bits per heavy atom. The van der Waals surface area contributed by atoms with E-state index in [2.05, 4.69) is 15.8 Å². The number of halogens is 5. The third-order valence-electron chi connectivity index (χ3n) is 5.58. The summed E-state index contributed by atoms with van der Waals surface area (Å²) in [6, 6.07) is 14.1. The van der Waals surface area contributed by atoms with Crippen LogP contribution in [0.2, 0.25) is 10.0 Å². The molecule has 0 aromatic heterocycles. The number of nitrogens with one attached hydrogen (secondary N) is 2. The van der Waals surface area contributed by atoms with Crippen LogP contribution in [-0.2, 0) is 12.7 Å². The minimum atomic E-state index is -4.66. The molecule has 3 aromatic carbocycles. The number of benzene rings is 3. The first kappa shape index (κ1) is 31.1. The fourth-order valence-corrected chi connectivity index (χ4v) is 4.09. The lowest BCUT2D eigenvalue weighted by molar-refractivity contribution is -0.137. The highest BCUT2D eigenvalue weighted by molar-refractivity contribution is 6.31. The number of aliphatic hydroxyl groups excluding tert-OH is 2. The summed E-state index contributed by atoms with van der Waals surface area (Å²) in [7, 11) is 0. The van der Waals surface area contributed by atoms with E-state index in [9.17, 15) is 33.0 Å². The van der Waals surface area contributed by atoms with E-state index in [1.54, 1.807) is 24.3 Å². The number of hydrogen-bond donors (Lipinski definition) is 4. The maximum absolute atomic E-state index is 13.1. The first-order valence-corrected chi connectivity index (χ1v) is 12.6. The molecule has 2 amide bonds. The quantitative estimate of drug-likeness (QED) is 0.187. The molecule has 3 aromatic rings. The van der Waals surface area contributed by atoms with E-state index in [0.717, 1.165) is 23.9 Å². The summed E-state index contributed by atoms with van der Waals surface area (Å²) < 4.78 is 39.3. The lowest BCUT2D eigenvalue weighted by Crippen LogP contribution is -2.29. The van der Waals surface area contributed by atoms with Gasteiger partial charge in [-0.25, -0.2) is 5.43 Å². The Labute approximate surface area is 238 Å². The molecule has 4 N–H and O–H groups in total. The summed E-state index contributed by atoms with van der Waals surface area (Å²) in [4.78, 5) is 27.7. The second-order valence-electron chi connectivity index (χ2n) is 8.50. The van der Waals surface area contributed by atoms with Crippen LogP contribution in [0.5, 0.6) is 0 Å². The number of aliphatic hydroxyl groups is 2. The number of hydrogen-bond acceptors (Lipinski definition) is 6. The fourth-order valence-electron chi connectivity index (χ4n) is 3.70. The number of alkyl halides is 3. The molecule has 0 fully saturated rings. The Morgan fingerprint density at radius 2 is 1.68 bits per heavy atom. The van der Waals surface area contributed by atoms with Crippen molar-refractivity contribution in [1.29, 1.82) is 0 Å². The van der Waals surface area contributed by atoms with Gasteiger partial charge in [0.1, 0.15) is 0 Å². The highest BCUT2D eigenvalue weighted by atomic mass is 35.5. The van der Waals surface area contributed by atoms with Crippen molar-refractivity contribution in [2.24, 2.45) is 5.10 Å². The van der Waals surface area contributed by atoms with Gasteiger partial charge in [0.2, 0.25) is 0 Å². The normalized spacial score (nSPS) is 11.7. The predicted molar refractivity (Wildman–Crippen MR) is 147 cm³/mol. The number of hydrazone groups is 1. The van der Waals surface area contributed by atoms with Gasteiger partial charge in [-0.2, -0.15) is 18.3 Å². The molecule has 0 atom stereocenters. The topological polar surface area (TPSA) is 114 Å². The third kappa shape index (κ3) is 8.77. The van der Waals surface area contributed by atoms with E-state index in [1.807, 2.05) is 4.90 Å². The Balaban J connectivity index is 1.74. The summed E-state index contributed by atoms with van der Waals surface area (Å²) in [5.74, 6) is -1.28. The van der Waals surface area contributed by atoms with Crippen molar-refractivity contribution >= 4 is 46.9 Å². The van der Waals surface area contributed by atoms with Gasteiger partial charge in [0, 0.05) is 30.2 Å². The van der Waals surface area contributed by atoms with Gasteiger partial charge in [0.25, 0.3) is 11.8 Å². The monoisotopic (exact) mass is 596 g/mol. The zero-order valence-electron chi connectivity index (χ0n) is 20.9. The molecule has 0 saturated carbocycles. The van der Waals surface area contributed by atoms with E-state index in [0.29, 0.717) is 25.2 Å². The lowest BCUT2D eigenvalue weighted by Gasteiger charge is -2.20. The molecule has 0 heterocycles. The number of carbonyl (C=O) groups is 2. The first-order chi connectivity index (χ1) is 19.0. The van der Waals surface area contributed by atoms with E-state index < -0.39 is 28.6 Å². The van der Waals surface area contributed by atoms with Gasteiger partial charge in [-0.15, -0.1) is 0 Å². The van der Waals surface area contributed by atoms with E-state index in [-0.39, 0.29) is 35.1 Å². The molecule has 13 heteroatoms. The highest BCUT2D eigenvalue weighted by Gasteiger charge is 2.33. The number of rotatable bonds is 11. The third-order valence-corrected chi connectivity index (χ3v) is 6.14. The number of anilines is 1. The Bertz CT molecular complexity index is 1380. The van der Waals surface area contributed by atoms with Gasteiger partial charge in [0.05, 0.1) is 41.3 Å². The van der Waals surface area contributed by atoms with Crippen molar-refractivity contribution in [1.82, 2.24) is 10.3 Å². The minimum Gasteiger partial charge on any atom is -0.395 e. The summed E-state index contributed by atoms with van der Waals surface area (Å²) in [6.45, 7) is 0.932. The number of amides is 2. The first-order valence-electron chi connectivity index (χ1n) is 11.9. The number of nitrogens with zero attached hydrogens (tertiary/aromatic N) is 2. The Hall–Kier alpha value is -3.48. The van der Waals surface area contributed by atoms with Crippen LogP contribution in [-0.4, -0.2) is 59.4 Å². The van der Waals surface area contributed by atoms with Crippen molar-refractivity contribution in [3.63, 3.8) is 0 Å². The Kier molecular flexibility index (Phi) is 11.1. The number of carbonyl (C=O) groups excluding carboxylic acids is 2. The zero-order chi connectivity index (χ0) is 29.3. The molecule has 0 aliphatic heterocycles. The summed E-state index contributed by atoms with van der Waals surface area (Å²) in [5, 5.41) is 24.5. The van der Waals surface area contributed by atoms with E-state index in [1.165, 1.54) is 24.3 Å². The zero-order valence-corrected chi connectivity index (χ0v) is 22.4. The van der Waals surface area contributed by atoms with Crippen LogP contribution in [0, 0.1) is 0 Å². The van der Waals surface area contributed by atoms with Crippen LogP contribution in [0.15, 0.2) is 65.8 Å². The molecule has 0 spiro atoms. The largest absolute Gasteiger partial charge is 0.417 e. The standard InChI is InChI=1S/C27H25Cl2F3N4O4/c28-20-5-7-24(34-25(39)19-3-1-2-18(12-19)16-36(8-10-37)9-11-38)21(14-20)26(40)35-33-15-17-4-6-23(29)22(13-17)27(30,31)32/h1-7,12-15,37-38H,8-11,16H2,(H,34,39)(H,35,40). The average molecular weight is 597 g/mol. The lowest BCUT2D eigenvalue weighted by atomic mass is 10.1. The molecule has 0 unspecified atom stereocenters. The summed E-state index contributed by atoms with van der Waals surface area (Å²) in [5.41, 5.74) is 2.39. The molecule has 0 radical (unpaired) electrons. The van der Waals surface area contributed by atoms with Gasteiger partial charge in [0.15, 0.2) is 0 Å². The van der Waals surface area contributed by atoms with Gasteiger partial charge < -0.3 is 15.5 Å². The van der Waals surface area contributed by atoms with Gasteiger partial charge >= 0.3 is 6.18 Å². The maximum atomic E-state index is 13.1. The van der Waals surface area contributed by atoms with Crippen molar-refractivity contribution in [3.05, 3.63) is 98.5 Å². The van der Waals surface area contributed by atoms with Crippen molar-refractivity contribution < 1.29 is 33.0 Å². The summed E-state index contributed by atoms with van der Waals surface area (Å²) >= 11 is 11.7. The predicted octanol–water partition coefficient (Wildman–Crippen LogP) is 4.82. The van der Waals surface area contributed by atoms with Gasteiger partial charge in [-0.1, -0.05) is 41.4 Å². The van der Waals surface area contributed by atoms with Crippen molar-refractivity contribution in [2.75, 3.05) is 31.6 Å². The molecule has 3 rings (SSSR count). The SMILES string of the molecule is O=C(Nc1ccc(Cl)cc1C(=O)NN=Cc1ccc(Cl)c(C(F)(F)F)c1)c1cccc(CN(CCO)CCO)c1. The highest BCUT2D eigenvalue weighted by Crippen LogP contribution is 2.34. The van der Waals surface area contributed by atoms with E-state index >= 15 is 0 Å². The average Bonchev–Trinajstić information content (AvgIpc) is 2.90. The molecule has 0 aliphatic rings. The molecule has 0 aliphatic carbocycles. The molecule has 8 nitrogen and oxygen atoms in total. The maximum Gasteiger partial charge on any atom is 0.417 e.